The zero-order chi connectivity index (χ0) is 27.9. The van der Waals surface area contributed by atoms with Gasteiger partial charge in [-0.05, 0) is 111 Å². The van der Waals surface area contributed by atoms with E-state index in [2.05, 4.69) is 21.3 Å². The second-order valence-electron chi connectivity index (χ2n) is 11.8. The topological polar surface area (TPSA) is 116 Å². The van der Waals surface area contributed by atoms with E-state index in [9.17, 15) is 19.2 Å². The molecule has 4 aliphatic heterocycles. The highest BCUT2D eigenvalue weighted by atomic mass is 16.2. The first-order valence-electron chi connectivity index (χ1n) is 14.8. The van der Waals surface area contributed by atoms with Crippen LogP contribution in [0.15, 0.2) is 48.5 Å². The lowest BCUT2D eigenvalue weighted by atomic mass is 9.82. The highest BCUT2D eigenvalue weighted by molar-refractivity contribution is 6.00. The van der Waals surface area contributed by atoms with Gasteiger partial charge in [0.1, 0.15) is 0 Å². The van der Waals surface area contributed by atoms with Crippen molar-refractivity contribution >= 4 is 23.6 Å². The van der Waals surface area contributed by atoms with Gasteiger partial charge in [-0.25, -0.2) is 0 Å². The Hall–Kier alpha value is -3.68. The standard InChI is InChI=1S/C32H40N4O4/c37-29-25-3-1-4-26(15-25)30(38)34-18-22-9-13-24(14-10-22)20-36-32(40)28-6-2-5-27(16-28)31(39)35-19-23-11-7-21(8-12-23)17-33-29/h1-6,15-16,21-24H,7-14,17-20H2,(H,33,37)(H,34,38)(H,35,39)(H,36,40). The Kier molecular flexibility index (Phi) is 9.14. The van der Waals surface area contributed by atoms with Crippen LogP contribution in [0.1, 0.15) is 92.8 Å². The van der Waals surface area contributed by atoms with Gasteiger partial charge in [0.05, 0.1) is 0 Å². The van der Waals surface area contributed by atoms with Gasteiger partial charge >= 0.3 is 0 Å². The molecule has 2 saturated carbocycles. The molecule has 2 aromatic carbocycles. The Morgan fingerprint density at radius 1 is 0.400 bits per heavy atom. The Labute approximate surface area is 236 Å². The molecule has 0 unspecified atom stereocenters. The molecular formula is C32H40N4O4. The van der Waals surface area contributed by atoms with Gasteiger partial charge < -0.3 is 21.3 Å². The van der Waals surface area contributed by atoms with E-state index in [1.54, 1.807) is 48.5 Å². The second kappa shape index (κ2) is 13.1. The third-order valence-electron chi connectivity index (χ3n) is 8.91. The van der Waals surface area contributed by atoms with Crippen molar-refractivity contribution in [3.63, 3.8) is 0 Å². The van der Waals surface area contributed by atoms with Gasteiger partial charge in [-0.1, -0.05) is 12.1 Å². The molecule has 8 nitrogen and oxygen atoms in total. The summed E-state index contributed by atoms with van der Waals surface area (Å²) in [5, 5.41) is 12.2. The highest BCUT2D eigenvalue weighted by Crippen LogP contribution is 2.29. The van der Waals surface area contributed by atoms with Crippen LogP contribution in [0, 0.1) is 23.7 Å². The minimum atomic E-state index is -0.155. The molecule has 40 heavy (non-hydrogen) atoms. The molecule has 8 rings (SSSR count). The van der Waals surface area contributed by atoms with E-state index in [1.165, 1.54) is 0 Å². The van der Waals surface area contributed by atoms with Crippen molar-refractivity contribution in [3.8, 4) is 0 Å². The maximum Gasteiger partial charge on any atom is 0.251 e. The van der Waals surface area contributed by atoms with Crippen LogP contribution in [0.4, 0.5) is 0 Å². The van der Waals surface area contributed by atoms with Crippen molar-refractivity contribution in [3.05, 3.63) is 70.8 Å². The van der Waals surface area contributed by atoms with E-state index in [4.69, 9.17) is 0 Å². The zero-order valence-corrected chi connectivity index (χ0v) is 23.0. The first-order valence-corrected chi connectivity index (χ1v) is 14.8. The fourth-order valence-electron chi connectivity index (χ4n) is 6.24. The average Bonchev–Trinajstić information content (AvgIpc) is 3.00. The molecule has 6 aliphatic rings. The molecule has 8 heteroatoms. The molecule has 4 N–H and O–H groups in total. The summed E-state index contributed by atoms with van der Waals surface area (Å²) >= 11 is 0. The molecule has 2 fully saturated rings. The Morgan fingerprint density at radius 2 is 0.625 bits per heavy atom. The van der Waals surface area contributed by atoms with Crippen LogP contribution in [0.3, 0.4) is 0 Å². The van der Waals surface area contributed by atoms with Crippen LogP contribution in [0.25, 0.3) is 0 Å². The second-order valence-corrected chi connectivity index (χ2v) is 11.8. The molecule has 212 valence electrons. The number of hydrogen-bond donors (Lipinski definition) is 4. The van der Waals surface area contributed by atoms with E-state index in [1.807, 2.05) is 0 Å². The largest absolute Gasteiger partial charge is 0.352 e. The first kappa shape index (κ1) is 27.9. The van der Waals surface area contributed by atoms with Gasteiger partial charge in [0.2, 0.25) is 0 Å². The van der Waals surface area contributed by atoms with Crippen molar-refractivity contribution in [2.75, 3.05) is 26.2 Å². The molecule has 0 saturated heterocycles. The molecule has 0 radical (unpaired) electrons. The van der Waals surface area contributed by atoms with Gasteiger partial charge in [-0.2, -0.15) is 0 Å². The average molecular weight is 545 g/mol. The minimum Gasteiger partial charge on any atom is -0.352 e. The van der Waals surface area contributed by atoms with Crippen molar-refractivity contribution in [2.45, 2.75) is 51.4 Å². The summed E-state index contributed by atoms with van der Waals surface area (Å²) in [5.74, 6) is 0.961. The van der Waals surface area contributed by atoms with Crippen LogP contribution >= 0.6 is 0 Å². The normalized spacial score (nSPS) is 26.8. The molecule has 8 bridgehead atoms. The maximum atomic E-state index is 12.8. The molecule has 4 heterocycles. The molecule has 4 amide bonds. The van der Waals surface area contributed by atoms with Gasteiger partial charge in [-0.15, -0.1) is 0 Å². The third kappa shape index (κ3) is 7.29. The highest BCUT2D eigenvalue weighted by Gasteiger charge is 2.24. The van der Waals surface area contributed by atoms with E-state index in [0.29, 0.717) is 72.1 Å². The summed E-state index contributed by atoms with van der Waals surface area (Å²) in [5.41, 5.74) is 1.99. The molecule has 2 aromatic rings. The summed E-state index contributed by atoms with van der Waals surface area (Å²) in [7, 11) is 0. The number of amides is 4. The van der Waals surface area contributed by atoms with Crippen LogP contribution in [0.2, 0.25) is 0 Å². The SMILES string of the molecule is O=C1NCC2CCC(CC2)CNC(=O)c2cccc(c2)C(=O)NCC2CCC(CC2)CNC(=O)c2cccc1c2. The van der Waals surface area contributed by atoms with Crippen LogP contribution < -0.4 is 21.3 Å². The number of carbonyl (C=O) groups is 4. The minimum absolute atomic E-state index is 0.155. The molecule has 0 atom stereocenters. The Morgan fingerprint density at radius 3 is 0.850 bits per heavy atom. The summed E-state index contributed by atoms with van der Waals surface area (Å²) in [6, 6.07) is 13.8. The number of rotatable bonds is 0. The van der Waals surface area contributed by atoms with Crippen molar-refractivity contribution in [2.24, 2.45) is 23.7 Å². The molecule has 2 aliphatic carbocycles. The van der Waals surface area contributed by atoms with Crippen molar-refractivity contribution in [1.29, 1.82) is 0 Å². The zero-order valence-electron chi connectivity index (χ0n) is 23.0. The summed E-state index contributed by atoms with van der Waals surface area (Å²) in [6.07, 6.45) is 7.90. The summed E-state index contributed by atoms with van der Waals surface area (Å²) in [4.78, 5) is 51.3. The lowest BCUT2D eigenvalue weighted by Crippen LogP contribution is -2.35. The van der Waals surface area contributed by atoms with E-state index in [-0.39, 0.29) is 23.6 Å². The van der Waals surface area contributed by atoms with Gasteiger partial charge in [0.25, 0.3) is 23.6 Å². The molecular weight excluding hydrogens is 504 g/mol. The van der Waals surface area contributed by atoms with Crippen molar-refractivity contribution in [1.82, 2.24) is 21.3 Å². The lowest BCUT2D eigenvalue weighted by Gasteiger charge is -2.29. The summed E-state index contributed by atoms with van der Waals surface area (Å²) < 4.78 is 0. The van der Waals surface area contributed by atoms with E-state index >= 15 is 0 Å². The fraction of sp³-hybridized carbons (Fsp3) is 0.500. The lowest BCUT2D eigenvalue weighted by molar-refractivity contribution is 0.0915. The van der Waals surface area contributed by atoms with Gasteiger partial charge in [-0.3, -0.25) is 19.2 Å². The Balaban J connectivity index is 1.25. The summed E-state index contributed by atoms with van der Waals surface area (Å²) in [6.45, 7) is 2.41. The van der Waals surface area contributed by atoms with Crippen LogP contribution in [-0.4, -0.2) is 49.8 Å². The smallest absolute Gasteiger partial charge is 0.251 e. The van der Waals surface area contributed by atoms with E-state index in [0.717, 1.165) is 51.4 Å². The monoisotopic (exact) mass is 544 g/mol. The molecule has 0 aromatic heterocycles. The number of benzene rings is 2. The molecule has 0 spiro atoms. The quantitative estimate of drug-likeness (QED) is 0.402. The Bertz CT molecular complexity index is 1050. The number of carbonyl (C=O) groups excluding carboxylic acids is 4. The predicted octanol–water partition coefficient (Wildman–Crippen LogP) is 3.93. The number of nitrogens with one attached hydrogen (secondary N) is 4. The van der Waals surface area contributed by atoms with Gasteiger partial charge in [0.15, 0.2) is 0 Å². The number of hydrogen-bond acceptors (Lipinski definition) is 4. The predicted molar refractivity (Wildman–Crippen MR) is 153 cm³/mol. The van der Waals surface area contributed by atoms with E-state index < -0.39 is 0 Å². The van der Waals surface area contributed by atoms with Crippen molar-refractivity contribution < 1.29 is 19.2 Å². The maximum absolute atomic E-state index is 12.8. The van der Waals surface area contributed by atoms with Crippen LogP contribution in [0.5, 0.6) is 0 Å². The fourth-order valence-corrected chi connectivity index (χ4v) is 6.24. The van der Waals surface area contributed by atoms with Gasteiger partial charge in [0, 0.05) is 48.4 Å². The third-order valence-corrected chi connectivity index (χ3v) is 8.91. The first-order chi connectivity index (χ1) is 19.4. The van der Waals surface area contributed by atoms with Crippen LogP contribution in [-0.2, 0) is 0 Å².